The first-order valence-corrected chi connectivity index (χ1v) is 4.71. The van der Waals surface area contributed by atoms with Gasteiger partial charge >= 0.3 is 0 Å². The van der Waals surface area contributed by atoms with Crippen LogP contribution in [0.5, 0.6) is 0 Å². The Morgan fingerprint density at radius 1 is 0.923 bits per heavy atom. The van der Waals surface area contributed by atoms with E-state index in [4.69, 9.17) is 11.6 Å². The summed E-state index contributed by atoms with van der Waals surface area (Å²) in [5.74, 6) is 0. The summed E-state index contributed by atoms with van der Waals surface area (Å²) in [5.41, 5.74) is 2.42. The molecule has 0 aliphatic carbocycles. The van der Waals surface area contributed by atoms with Crippen LogP contribution in [-0.4, -0.2) is 0 Å². The summed E-state index contributed by atoms with van der Waals surface area (Å²) in [6, 6.07) is 10.5. The molecular formula is C12H11Cl. The van der Waals surface area contributed by atoms with E-state index in [1.807, 2.05) is 13.0 Å². The largest absolute Gasteiger partial charge is 0.0840 e. The van der Waals surface area contributed by atoms with Crippen LogP contribution in [0.1, 0.15) is 11.1 Å². The second kappa shape index (κ2) is 3.04. The maximum atomic E-state index is 6.03. The number of fused-ring (bicyclic) bond motifs is 1. The molecule has 0 amide bonds. The van der Waals surface area contributed by atoms with Crippen molar-refractivity contribution < 1.29 is 0 Å². The summed E-state index contributed by atoms with van der Waals surface area (Å²) in [6.45, 7) is 4.13. The fraction of sp³-hybridized carbons (Fsp3) is 0.167. The average Bonchev–Trinajstić information content (AvgIpc) is 2.08. The molecule has 0 unspecified atom stereocenters. The summed E-state index contributed by atoms with van der Waals surface area (Å²) < 4.78 is 0. The normalized spacial score (nSPS) is 10.7. The lowest BCUT2D eigenvalue weighted by Gasteiger charge is -2.02. The van der Waals surface area contributed by atoms with Crippen LogP contribution >= 0.6 is 11.6 Å². The summed E-state index contributed by atoms with van der Waals surface area (Å²) in [7, 11) is 0. The van der Waals surface area contributed by atoms with E-state index < -0.39 is 0 Å². The van der Waals surface area contributed by atoms with Gasteiger partial charge in [-0.2, -0.15) is 0 Å². The molecule has 0 aliphatic heterocycles. The monoisotopic (exact) mass is 190 g/mol. The third-order valence-corrected chi connectivity index (χ3v) is 2.68. The van der Waals surface area contributed by atoms with E-state index in [-0.39, 0.29) is 0 Å². The van der Waals surface area contributed by atoms with E-state index >= 15 is 0 Å². The molecule has 0 aromatic heterocycles. The predicted molar refractivity (Wildman–Crippen MR) is 58.4 cm³/mol. The van der Waals surface area contributed by atoms with Crippen LogP contribution in [0.2, 0.25) is 5.02 Å². The van der Waals surface area contributed by atoms with Crippen LogP contribution in [0, 0.1) is 13.8 Å². The van der Waals surface area contributed by atoms with Crippen LogP contribution in [0.4, 0.5) is 0 Å². The molecule has 66 valence electrons. The molecule has 13 heavy (non-hydrogen) atoms. The topological polar surface area (TPSA) is 0 Å². The second-order valence-corrected chi connectivity index (χ2v) is 3.86. The first kappa shape index (κ1) is 8.58. The third kappa shape index (κ3) is 1.54. The molecule has 0 nitrogen and oxygen atoms in total. The molecule has 0 atom stereocenters. The smallest absolute Gasteiger partial charge is 0.0441 e. The molecule has 0 radical (unpaired) electrons. The first-order valence-electron chi connectivity index (χ1n) is 4.33. The highest BCUT2D eigenvalue weighted by atomic mass is 35.5. The fourth-order valence-corrected chi connectivity index (χ4v) is 1.68. The molecule has 0 saturated carbocycles. The Balaban J connectivity index is 2.81. The second-order valence-electron chi connectivity index (χ2n) is 3.45. The van der Waals surface area contributed by atoms with Crippen molar-refractivity contribution in [3.8, 4) is 0 Å². The van der Waals surface area contributed by atoms with Gasteiger partial charge in [0.05, 0.1) is 0 Å². The molecule has 0 aliphatic rings. The van der Waals surface area contributed by atoms with Crippen molar-refractivity contribution in [2.24, 2.45) is 0 Å². The van der Waals surface area contributed by atoms with Gasteiger partial charge in [0.25, 0.3) is 0 Å². The van der Waals surface area contributed by atoms with Gasteiger partial charge in [-0.3, -0.25) is 0 Å². The van der Waals surface area contributed by atoms with E-state index in [1.165, 1.54) is 16.3 Å². The highest BCUT2D eigenvalue weighted by molar-refractivity contribution is 6.32. The number of rotatable bonds is 0. The van der Waals surface area contributed by atoms with Gasteiger partial charge < -0.3 is 0 Å². The number of halogens is 1. The van der Waals surface area contributed by atoms with Gasteiger partial charge in [0.2, 0.25) is 0 Å². The van der Waals surface area contributed by atoms with Gasteiger partial charge in [0.15, 0.2) is 0 Å². The predicted octanol–water partition coefficient (Wildman–Crippen LogP) is 4.11. The van der Waals surface area contributed by atoms with Crippen molar-refractivity contribution in [3.05, 3.63) is 46.5 Å². The molecule has 0 heterocycles. The van der Waals surface area contributed by atoms with E-state index in [2.05, 4.69) is 31.2 Å². The van der Waals surface area contributed by atoms with Crippen LogP contribution in [-0.2, 0) is 0 Å². The average molecular weight is 191 g/mol. The lowest BCUT2D eigenvalue weighted by molar-refractivity contribution is 1.47. The maximum absolute atomic E-state index is 6.03. The summed E-state index contributed by atoms with van der Waals surface area (Å²) in [6.07, 6.45) is 0. The highest BCUT2D eigenvalue weighted by Gasteiger charge is 1.98. The first-order chi connectivity index (χ1) is 6.16. The van der Waals surface area contributed by atoms with Crippen molar-refractivity contribution >= 4 is 22.4 Å². The molecule has 1 heteroatoms. The van der Waals surface area contributed by atoms with E-state index in [0.29, 0.717) is 0 Å². The lowest BCUT2D eigenvalue weighted by atomic mass is 10.1. The Labute approximate surface area is 83.1 Å². The number of benzene rings is 2. The van der Waals surface area contributed by atoms with E-state index in [9.17, 15) is 0 Å². The number of hydrogen-bond donors (Lipinski definition) is 0. The molecule has 2 aromatic rings. The minimum atomic E-state index is 0.844. The molecule has 0 bridgehead atoms. The van der Waals surface area contributed by atoms with E-state index in [1.54, 1.807) is 0 Å². The summed E-state index contributed by atoms with van der Waals surface area (Å²) in [4.78, 5) is 0. The molecule has 0 fully saturated rings. The van der Waals surface area contributed by atoms with Gasteiger partial charge in [-0.25, -0.2) is 0 Å². The zero-order chi connectivity index (χ0) is 9.42. The summed E-state index contributed by atoms with van der Waals surface area (Å²) in [5, 5.41) is 3.32. The van der Waals surface area contributed by atoms with Crippen molar-refractivity contribution in [3.63, 3.8) is 0 Å². The third-order valence-electron chi connectivity index (χ3n) is 2.27. The van der Waals surface area contributed by atoms with E-state index in [0.717, 1.165) is 10.6 Å². The molecule has 0 N–H and O–H groups in total. The molecule has 0 saturated heterocycles. The Bertz CT molecular complexity index is 458. The van der Waals surface area contributed by atoms with Crippen LogP contribution in [0.15, 0.2) is 30.3 Å². The summed E-state index contributed by atoms with van der Waals surface area (Å²) >= 11 is 6.03. The molecule has 0 spiro atoms. The van der Waals surface area contributed by atoms with Crippen molar-refractivity contribution in [2.75, 3.05) is 0 Å². The molecular weight excluding hydrogens is 180 g/mol. The minimum absolute atomic E-state index is 0.844. The Morgan fingerprint density at radius 3 is 2.46 bits per heavy atom. The fourth-order valence-electron chi connectivity index (χ4n) is 1.50. The Hall–Kier alpha value is -1.01. The Kier molecular flexibility index (Phi) is 2.01. The maximum Gasteiger partial charge on any atom is 0.0441 e. The van der Waals surface area contributed by atoms with Gasteiger partial charge in [0.1, 0.15) is 0 Å². The number of aryl methyl sites for hydroxylation is 2. The minimum Gasteiger partial charge on any atom is -0.0840 e. The van der Waals surface area contributed by atoms with Crippen LogP contribution < -0.4 is 0 Å². The van der Waals surface area contributed by atoms with Gasteiger partial charge in [-0.1, -0.05) is 35.4 Å². The zero-order valence-electron chi connectivity index (χ0n) is 7.76. The van der Waals surface area contributed by atoms with Crippen LogP contribution in [0.3, 0.4) is 0 Å². The lowest BCUT2D eigenvalue weighted by Crippen LogP contribution is -1.79. The Morgan fingerprint density at radius 2 is 1.69 bits per heavy atom. The SMILES string of the molecule is Cc1ccc2cc(Cl)c(C)cc2c1. The highest BCUT2D eigenvalue weighted by Crippen LogP contribution is 2.23. The van der Waals surface area contributed by atoms with Crippen molar-refractivity contribution in [2.45, 2.75) is 13.8 Å². The van der Waals surface area contributed by atoms with Crippen LogP contribution in [0.25, 0.3) is 10.8 Å². The van der Waals surface area contributed by atoms with Crippen molar-refractivity contribution in [1.82, 2.24) is 0 Å². The zero-order valence-corrected chi connectivity index (χ0v) is 8.52. The van der Waals surface area contributed by atoms with Gasteiger partial charge in [-0.15, -0.1) is 0 Å². The quantitative estimate of drug-likeness (QED) is 0.587. The standard InChI is InChI=1S/C12H11Cl/c1-8-3-4-10-7-12(13)9(2)6-11(10)5-8/h3-7H,1-2H3. The van der Waals surface area contributed by atoms with Crippen molar-refractivity contribution in [1.29, 1.82) is 0 Å². The van der Waals surface area contributed by atoms with Gasteiger partial charge in [-0.05, 0) is 42.3 Å². The van der Waals surface area contributed by atoms with Gasteiger partial charge in [0, 0.05) is 5.02 Å². The molecule has 2 aromatic carbocycles. The molecule has 2 rings (SSSR count). The number of hydrogen-bond acceptors (Lipinski definition) is 0.